The van der Waals surface area contributed by atoms with Gasteiger partial charge >= 0.3 is 6.03 Å². The second kappa shape index (κ2) is 10.4. The summed E-state index contributed by atoms with van der Waals surface area (Å²) in [5.41, 5.74) is 2.22. The van der Waals surface area contributed by atoms with Gasteiger partial charge in [-0.1, -0.05) is 19.9 Å². The molecule has 0 saturated heterocycles. The SMILES string of the molecule is Cc1ccc(NC(=O)C(C)C)cc1NC(=O)NCCCOCc1ccco1. The van der Waals surface area contributed by atoms with Crippen LogP contribution in [-0.4, -0.2) is 25.1 Å². The van der Waals surface area contributed by atoms with Crippen molar-refractivity contribution in [3.63, 3.8) is 0 Å². The molecule has 0 aliphatic heterocycles. The zero-order valence-electron chi connectivity index (χ0n) is 16.0. The molecule has 3 amide bonds. The third kappa shape index (κ3) is 7.15. The summed E-state index contributed by atoms with van der Waals surface area (Å²) in [4.78, 5) is 23.9. The van der Waals surface area contributed by atoms with Gasteiger partial charge in [-0.05, 0) is 43.2 Å². The van der Waals surface area contributed by atoms with E-state index in [1.165, 1.54) is 0 Å². The first-order chi connectivity index (χ1) is 13.0. The maximum absolute atomic E-state index is 12.1. The summed E-state index contributed by atoms with van der Waals surface area (Å²) in [5.74, 6) is 0.602. The molecule has 0 aliphatic carbocycles. The summed E-state index contributed by atoms with van der Waals surface area (Å²) in [7, 11) is 0. The van der Waals surface area contributed by atoms with Crippen LogP contribution in [0, 0.1) is 12.8 Å². The number of aryl methyl sites for hydroxylation is 1. The number of furan rings is 1. The maximum Gasteiger partial charge on any atom is 0.319 e. The van der Waals surface area contributed by atoms with Gasteiger partial charge in [0.25, 0.3) is 0 Å². The van der Waals surface area contributed by atoms with E-state index in [-0.39, 0.29) is 17.9 Å². The highest BCUT2D eigenvalue weighted by Crippen LogP contribution is 2.20. The number of hydrogen-bond acceptors (Lipinski definition) is 4. The van der Waals surface area contributed by atoms with E-state index in [0.29, 0.717) is 37.6 Å². The Labute approximate surface area is 159 Å². The molecule has 27 heavy (non-hydrogen) atoms. The Balaban J connectivity index is 1.72. The van der Waals surface area contributed by atoms with Crippen molar-refractivity contribution < 1.29 is 18.7 Å². The molecule has 0 unspecified atom stereocenters. The van der Waals surface area contributed by atoms with Crippen LogP contribution in [0.15, 0.2) is 41.0 Å². The molecule has 2 aromatic rings. The molecule has 2 rings (SSSR count). The minimum Gasteiger partial charge on any atom is -0.467 e. The zero-order chi connectivity index (χ0) is 19.6. The van der Waals surface area contributed by atoms with Crippen molar-refractivity contribution in [2.45, 2.75) is 33.8 Å². The molecule has 0 fully saturated rings. The van der Waals surface area contributed by atoms with Gasteiger partial charge in [0, 0.05) is 30.4 Å². The standard InChI is InChI=1S/C20H27N3O4/c1-14(2)19(24)22-16-8-7-15(3)18(12-16)23-20(25)21-9-5-10-26-13-17-6-4-11-27-17/h4,6-8,11-12,14H,5,9-10,13H2,1-3H3,(H,22,24)(H2,21,23,25). The van der Waals surface area contributed by atoms with Crippen LogP contribution in [-0.2, 0) is 16.1 Å². The molecule has 1 aromatic carbocycles. The van der Waals surface area contributed by atoms with Gasteiger partial charge in [0.2, 0.25) is 5.91 Å². The Kier molecular flexibility index (Phi) is 7.88. The fraction of sp³-hybridized carbons (Fsp3) is 0.400. The number of amides is 3. The van der Waals surface area contributed by atoms with E-state index in [2.05, 4.69) is 16.0 Å². The van der Waals surface area contributed by atoms with Crippen molar-refractivity contribution in [3.8, 4) is 0 Å². The van der Waals surface area contributed by atoms with Crippen LogP contribution in [0.1, 0.15) is 31.6 Å². The van der Waals surface area contributed by atoms with Crippen LogP contribution in [0.3, 0.4) is 0 Å². The number of carbonyl (C=O) groups is 2. The van der Waals surface area contributed by atoms with Gasteiger partial charge in [0.15, 0.2) is 0 Å². The lowest BCUT2D eigenvalue weighted by atomic mass is 10.1. The van der Waals surface area contributed by atoms with Crippen LogP contribution in [0.25, 0.3) is 0 Å². The summed E-state index contributed by atoms with van der Waals surface area (Å²) in [6.07, 6.45) is 2.30. The molecule has 146 valence electrons. The van der Waals surface area contributed by atoms with Crippen molar-refractivity contribution >= 4 is 23.3 Å². The monoisotopic (exact) mass is 373 g/mol. The number of hydrogen-bond donors (Lipinski definition) is 3. The smallest absolute Gasteiger partial charge is 0.319 e. The number of carbonyl (C=O) groups excluding carboxylic acids is 2. The van der Waals surface area contributed by atoms with E-state index in [1.54, 1.807) is 12.3 Å². The lowest BCUT2D eigenvalue weighted by molar-refractivity contribution is -0.118. The molecule has 0 atom stereocenters. The van der Waals surface area contributed by atoms with Crippen LogP contribution in [0.2, 0.25) is 0 Å². The first-order valence-electron chi connectivity index (χ1n) is 9.02. The number of benzene rings is 1. The van der Waals surface area contributed by atoms with E-state index in [4.69, 9.17) is 9.15 Å². The molecule has 1 aromatic heterocycles. The first kappa shape index (κ1) is 20.5. The lowest BCUT2D eigenvalue weighted by Crippen LogP contribution is -2.30. The van der Waals surface area contributed by atoms with Crippen molar-refractivity contribution in [1.29, 1.82) is 0 Å². The van der Waals surface area contributed by atoms with Crippen molar-refractivity contribution in [3.05, 3.63) is 47.9 Å². The quantitative estimate of drug-likeness (QED) is 0.581. The molecule has 0 bridgehead atoms. The van der Waals surface area contributed by atoms with Gasteiger partial charge in [0.1, 0.15) is 12.4 Å². The van der Waals surface area contributed by atoms with Gasteiger partial charge in [-0.15, -0.1) is 0 Å². The van der Waals surface area contributed by atoms with E-state index >= 15 is 0 Å². The van der Waals surface area contributed by atoms with Crippen molar-refractivity contribution in [2.24, 2.45) is 5.92 Å². The minimum atomic E-state index is -0.295. The summed E-state index contributed by atoms with van der Waals surface area (Å²) in [6, 6.07) is 8.79. The maximum atomic E-state index is 12.1. The van der Waals surface area contributed by atoms with Gasteiger partial charge in [-0.3, -0.25) is 4.79 Å². The second-order valence-corrected chi connectivity index (χ2v) is 6.54. The summed E-state index contributed by atoms with van der Waals surface area (Å²) >= 11 is 0. The third-order valence-electron chi connectivity index (χ3n) is 3.85. The Hall–Kier alpha value is -2.80. The summed E-state index contributed by atoms with van der Waals surface area (Å²) < 4.78 is 10.6. The van der Waals surface area contributed by atoms with Gasteiger partial charge in [0.05, 0.1) is 6.26 Å². The highest BCUT2D eigenvalue weighted by atomic mass is 16.5. The molecule has 0 saturated carbocycles. The molecule has 0 spiro atoms. The van der Waals surface area contributed by atoms with Gasteiger partial charge < -0.3 is 25.1 Å². The topological polar surface area (TPSA) is 92.6 Å². The average Bonchev–Trinajstić information content (AvgIpc) is 3.14. The number of nitrogens with one attached hydrogen (secondary N) is 3. The highest BCUT2D eigenvalue weighted by Gasteiger charge is 2.09. The predicted octanol–water partition coefficient (Wildman–Crippen LogP) is 3.91. The number of rotatable bonds is 9. The lowest BCUT2D eigenvalue weighted by Gasteiger charge is -2.13. The first-order valence-corrected chi connectivity index (χ1v) is 9.02. The van der Waals surface area contributed by atoms with Crippen LogP contribution in [0.5, 0.6) is 0 Å². The summed E-state index contributed by atoms with van der Waals surface area (Å²) in [5, 5.41) is 8.42. The van der Waals surface area contributed by atoms with E-state index < -0.39 is 0 Å². The number of urea groups is 1. The zero-order valence-corrected chi connectivity index (χ0v) is 16.0. The second-order valence-electron chi connectivity index (χ2n) is 6.54. The molecule has 7 heteroatoms. The van der Waals surface area contributed by atoms with Crippen LogP contribution < -0.4 is 16.0 Å². The van der Waals surface area contributed by atoms with Crippen molar-refractivity contribution in [1.82, 2.24) is 5.32 Å². The molecular weight excluding hydrogens is 346 g/mol. The predicted molar refractivity (Wildman–Crippen MR) is 105 cm³/mol. The fourth-order valence-corrected chi connectivity index (χ4v) is 2.23. The van der Waals surface area contributed by atoms with Crippen molar-refractivity contribution in [2.75, 3.05) is 23.8 Å². The highest BCUT2D eigenvalue weighted by molar-refractivity contribution is 5.94. The third-order valence-corrected chi connectivity index (χ3v) is 3.85. The average molecular weight is 373 g/mol. The Bertz CT molecular complexity index is 742. The molecular formula is C20H27N3O4. The summed E-state index contributed by atoms with van der Waals surface area (Å²) in [6.45, 7) is 6.99. The molecule has 0 radical (unpaired) electrons. The minimum absolute atomic E-state index is 0.0659. The van der Waals surface area contributed by atoms with E-state index in [0.717, 1.165) is 11.3 Å². The Morgan fingerprint density at radius 2 is 2.00 bits per heavy atom. The molecule has 0 aliphatic rings. The molecule has 1 heterocycles. The van der Waals surface area contributed by atoms with Crippen LogP contribution in [0.4, 0.5) is 16.2 Å². The largest absolute Gasteiger partial charge is 0.467 e. The van der Waals surface area contributed by atoms with E-state index in [9.17, 15) is 9.59 Å². The Morgan fingerprint density at radius 1 is 1.19 bits per heavy atom. The molecule has 7 nitrogen and oxygen atoms in total. The van der Waals surface area contributed by atoms with Gasteiger partial charge in [-0.25, -0.2) is 4.79 Å². The fourth-order valence-electron chi connectivity index (χ4n) is 2.23. The molecule has 3 N–H and O–H groups in total. The Morgan fingerprint density at radius 3 is 2.70 bits per heavy atom. The van der Waals surface area contributed by atoms with Gasteiger partial charge in [-0.2, -0.15) is 0 Å². The number of anilines is 2. The van der Waals surface area contributed by atoms with E-state index in [1.807, 2.05) is 45.0 Å². The number of ether oxygens (including phenoxy) is 1. The normalized spacial score (nSPS) is 10.7. The van der Waals surface area contributed by atoms with Crippen LogP contribution >= 0.6 is 0 Å².